The van der Waals surface area contributed by atoms with Crippen LogP contribution in [-0.2, 0) is 20.8 Å². The second-order valence-electron chi connectivity index (χ2n) is 7.92. The quantitative estimate of drug-likeness (QED) is 0.330. The fourth-order valence-electron chi connectivity index (χ4n) is 3.18. The van der Waals surface area contributed by atoms with E-state index in [9.17, 15) is 24.6 Å². The van der Waals surface area contributed by atoms with Gasteiger partial charge in [0.1, 0.15) is 18.1 Å². The van der Waals surface area contributed by atoms with Crippen LogP contribution < -0.4 is 16.4 Å². The molecule has 0 fully saturated rings. The molecular weight excluding hydrogens is 388 g/mol. The summed E-state index contributed by atoms with van der Waals surface area (Å²) in [5, 5.41) is 25.0. The minimum Gasteiger partial charge on any atom is -0.480 e. The van der Waals surface area contributed by atoms with Gasteiger partial charge in [-0.2, -0.15) is 0 Å². The van der Waals surface area contributed by atoms with Gasteiger partial charge in [0.15, 0.2) is 0 Å². The molecule has 7 N–H and O–H groups in total. The van der Waals surface area contributed by atoms with Crippen molar-refractivity contribution in [1.82, 2.24) is 15.6 Å². The van der Waals surface area contributed by atoms with Crippen molar-refractivity contribution in [2.45, 2.75) is 57.8 Å². The number of amides is 2. The van der Waals surface area contributed by atoms with Gasteiger partial charge < -0.3 is 31.6 Å². The summed E-state index contributed by atoms with van der Waals surface area (Å²) >= 11 is 0. The normalized spacial score (nSPS) is 15.4. The Kier molecular flexibility index (Phi) is 7.96. The van der Waals surface area contributed by atoms with Crippen molar-refractivity contribution in [3.63, 3.8) is 0 Å². The Balaban J connectivity index is 2.26. The molecule has 2 amide bonds. The second kappa shape index (κ2) is 10.2. The Morgan fingerprint density at radius 3 is 2.30 bits per heavy atom. The van der Waals surface area contributed by atoms with E-state index in [4.69, 9.17) is 5.73 Å². The van der Waals surface area contributed by atoms with E-state index in [2.05, 4.69) is 15.6 Å². The molecule has 1 aromatic heterocycles. The van der Waals surface area contributed by atoms with E-state index in [1.807, 2.05) is 38.1 Å². The van der Waals surface area contributed by atoms with Gasteiger partial charge in [0.25, 0.3) is 0 Å². The monoisotopic (exact) mass is 418 g/mol. The Hall–Kier alpha value is -2.91. The third kappa shape index (κ3) is 6.04. The first-order valence-electron chi connectivity index (χ1n) is 9.92. The molecule has 4 unspecified atom stereocenters. The van der Waals surface area contributed by atoms with Gasteiger partial charge in [-0.25, -0.2) is 4.79 Å². The van der Waals surface area contributed by atoms with Crippen molar-refractivity contribution in [3.05, 3.63) is 36.0 Å². The number of aromatic amines is 1. The number of rotatable bonds is 10. The maximum atomic E-state index is 12.9. The maximum absolute atomic E-state index is 12.9. The van der Waals surface area contributed by atoms with Gasteiger partial charge in [0.05, 0.1) is 6.10 Å². The molecule has 2 aromatic rings. The molecule has 0 bridgehead atoms. The predicted octanol–water partition coefficient (Wildman–Crippen LogP) is 0.519. The number of carboxylic acid groups (broad SMARTS) is 1. The Labute approximate surface area is 175 Å². The topological polar surface area (TPSA) is 158 Å². The lowest BCUT2D eigenvalue weighted by molar-refractivity contribution is -0.142. The molecule has 164 valence electrons. The molecule has 0 saturated carbocycles. The first kappa shape index (κ1) is 23.4. The van der Waals surface area contributed by atoms with Crippen LogP contribution in [0.5, 0.6) is 0 Å². The van der Waals surface area contributed by atoms with Crippen LogP contribution in [-0.4, -0.2) is 57.2 Å². The van der Waals surface area contributed by atoms with Crippen LogP contribution in [0.4, 0.5) is 0 Å². The molecule has 2 rings (SSSR count). The Morgan fingerprint density at radius 1 is 1.07 bits per heavy atom. The molecule has 0 spiro atoms. The number of aliphatic hydroxyl groups excluding tert-OH is 1. The molecule has 30 heavy (non-hydrogen) atoms. The molecule has 9 heteroatoms. The van der Waals surface area contributed by atoms with Crippen molar-refractivity contribution < 1.29 is 24.6 Å². The van der Waals surface area contributed by atoms with Crippen molar-refractivity contribution >= 4 is 28.7 Å². The predicted molar refractivity (Wildman–Crippen MR) is 113 cm³/mol. The number of carboxylic acids is 1. The summed E-state index contributed by atoms with van der Waals surface area (Å²) in [6.07, 6.45) is 1.02. The third-order valence-electron chi connectivity index (χ3n) is 4.88. The minimum absolute atomic E-state index is 0.0525. The lowest BCUT2D eigenvalue weighted by atomic mass is 10.0. The van der Waals surface area contributed by atoms with E-state index in [1.165, 1.54) is 6.92 Å². The van der Waals surface area contributed by atoms with Crippen LogP contribution in [0, 0.1) is 5.92 Å². The average molecular weight is 418 g/mol. The molecule has 0 aliphatic rings. The minimum atomic E-state index is -1.21. The van der Waals surface area contributed by atoms with Crippen LogP contribution in [0.2, 0.25) is 0 Å². The zero-order chi connectivity index (χ0) is 22.4. The summed E-state index contributed by atoms with van der Waals surface area (Å²) in [6, 6.07) is 4.16. The van der Waals surface area contributed by atoms with Crippen LogP contribution in [0.25, 0.3) is 10.9 Å². The van der Waals surface area contributed by atoms with E-state index in [0.717, 1.165) is 16.5 Å². The van der Waals surface area contributed by atoms with Crippen LogP contribution in [0.15, 0.2) is 30.5 Å². The van der Waals surface area contributed by atoms with Crippen molar-refractivity contribution in [2.24, 2.45) is 11.7 Å². The Bertz CT molecular complexity index is 892. The van der Waals surface area contributed by atoms with Gasteiger partial charge in [0, 0.05) is 23.5 Å². The fourth-order valence-corrected chi connectivity index (χ4v) is 3.18. The van der Waals surface area contributed by atoms with Gasteiger partial charge in [-0.3, -0.25) is 9.59 Å². The molecule has 1 aromatic carbocycles. The molecule has 0 radical (unpaired) electrons. The number of H-pyrrole nitrogens is 1. The number of nitrogens with two attached hydrogens (primary N) is 1. The summed E-state index contributed by atoms with van der Waals surface area (Å²) in [7, 11) is 0. The van der Waals surface area contributed by atoms with E-state index >= 15 is 0 Å². The lowest BCUT2D eigenvalue weighted by Gasteiger charge is -2.24. The number of aliphatic carboxylic acids is 1. The molecule has 0 aliphatic carbocycles. The van der Waals surface area contributed by atoms with Gasteiger partial charge in [0.2, 0.25) is 11.8 Å². The smallest absolute Gasteiger partial charge is 0.326 e. The van der Waals surface area contributed by atoms with Gasteiger partial charge >= 0.3 is 5.97 Å². The zero-order valence-electron chi connectivity index (χ0n) is 17.4. The summed E-state index contributed by atoms with van der Waals surface area (Å²) in [5.74, 6) is -2.41. The molecule has 4 atom stereocenters. The number of hydrogen-bond donors (Lipinski definition) is 6. The third-order valence-corrected chi connectivity index (χ3v) is 4.88. The summed E-state index contributed by atoms with van der Waals surface area (Å²) in [5.41, 5.74) is 7.36. The van der Waals surface area contributed by atoms with E-state index in [-0.39, 0.29) is 18.8 Å². The van der Waals surface area contributed by atoms with Crippen molar-refractivity contribution in [2.75, 3.05) is 0 Å². The highest BCUT2D eigenvalue weighted by atomic mass is 16.4. The van der Waals surface area contributed by atoms with Gasteiger partial charge in [-0.05, 0) is 30.9 Å². The molecular formula is C21H30N4O5. The molecule has 9 nitrogen and oxygen atoms in total. The number of hydrogen-bond acceptors (Lipinski definition) is 5. The first-order chi connectivity index (χ1) is 14.1. The summed E-state index contributed by atoms with van der Waals surface area (Å²) in [4.78, 5) is 40.0. The van der Waals surface area contributed by atoms with E-state index in [1.54, 1.807) is 6.20 Å². The maximum Gasteiger partial charge on any atom is 0.326 e. The highest BCUT2D eigenvalue weighted by Gasteiger charge is 2.30. The number of fused-ring (bicyclic) bond motifs is 1. The van der Waals surface area contributed by atoms with Crippen molar-refractivity contribution in [3.8, 4) is 0 Å². The SMILES string of the molecule is CC(C)CC(NC(=O)C(Cc1c[nH]c2ccccc12)NC(=O)C(N)C(C)O)C(=O)O. The number of aromatic nitrogens is 1. The average Bonchev–Trinajstić information content (AvgIpc) is 3.08. The standard InChI is InChI=1S/C21H30N4O5/c1-11(2)8-17(21(29)30)25-19(27)16(24-20(28)18(22)12(3)26)9-13-10-23-15-7-5-4-6-14(13)15/h4-7,10-12,16-18,23,26H,8-9,22H2,1-3H3,(H,24,28)(H,25,27)(H,29,30). The highest BCUT2D eigenvalue weighted by Crippen LogP contribution is 2.19. The fraction of sp³-hybridized carbons (Fsp3) is 0.476. The van der Waals surface area contributed by atoms with Gasteiger partial charge in [-0.1, -0.05) is 32.0 Å². The number of benzene rings is 1. The number of aliphatic hydroxyl groups is 1. The zero-order valence-corrected chi connectivity index (χ0v) is 17.4. The summed E-state index contributed by atoms with van der Waals surface area (Å²) in [6.45, 7) is 5.09. The summed E-state index contributed by atoms with van der Waals surface area (Å²) < 4.78 is 0. The number of nitrogens with one attached hydrogen (secondary N) is 3. The van der Waals surface area contributed by atoms with Gasteiger partial charge in [-0.15, -0.1) is 0 Å². The van der Waals surface area contributed by atoms with Crippen molar-refractivity contribution in [1.29, 1.82) is 0 Å². The number of carbonyl (C=O) groups is 3. The first-order valence-corrected chi connectivity index (χ1v) is 9.92. The number of para-hydroxylation sites is 1. The molecule has 1 heterocycles. The van der Waals surface area contributed by atoms with E-state index in [0.29, 0.717) is 0 Å². The Morgan fingerprint density at radius 2 is 1.70 bits per heavy atom. The largest absolute Gasteiger partial charge is 0.480 e. The molecule has 0 saturated heterocycles. The number of carbonyl (C=O) groups excluding carboxylic acids is 2. The highest BCUT2D eigenvalue weighted by molar-refractivity contribution is 5.93. The van der Waals surface area contributed by atoms with Crippen LogP contribution in [0.3, 0.4) is 0 Å². The van der Waals surface area contributed by atoms with E-state index < -0.39 is 42.0 Å². The van der Waals surface area contributed by atoms with Crippen LogP contribution in [0.1, 0.15) is 32.8 Å². The van der Waals surface area contributed by atoms with Crippen LogP contribution >= 0.6 is 0 Å². The molecule has 0 aliphatic heterocycles. The second-order valence-corrected chi connectivity index (χ2v) is 7.92. The lowest BCUT2D eigenvalue weighted by Crippen LogP contribution is -2.57.